The van der Waals surface area contributed by atoms with Crippen molar-refractivity contribution in [3.05, 3.63) is 41.5 Å². The molecule has 3 aliphatic rings. The SMILES string of the molecule is Cc1nc(C)n(C(C)CC(=O)N2CCC3(CC2)CC2(CO3)NC(=O)c3ccccc3N2)n1. The van der Waals surface area contributed by atoms with E-state index < -0.39 is 5.66 Å². The van der Waals surface area contributed by atoms with Gasteiger partial charge in [-0.2, -0.15) is 5.10 Å². The molecule has 0 aliphatic carbocycles. The van der Waals surface area contributed by atoms with Crippen LogP contribution >= 0.6 is 0 Å². The number of nitrogens with zero attached hydrogens (tertiary/aromatic N) is 4. The van der Waals surface area contributed by atoms with E-state index in [9.17, 15) is 9.59 Å². The molecule has 1 aromatic carbocycles. The molecule has 4 heterocycles. The zero-order valence-corrected chi connectivity index (χ0v) is 18.9. The number of ether oxygens (including phenoxy) is 1. The number of carbonyl (C=O) groups is 2. The maximum Gasteiger partial charge on any atom is 0.255 e. The van der Waals surface area contributed by atoms with Gasteiger partial charge in [0.2, 0.25) is 5.91 Å². The van der Waals surface area contributed by atoms with Gasteiger partial charge in [0.1, 0.15) is 17.3 Å². The van der Waals surface area contributed by atoms with Gasteiger partial charge >= 0.3 is 0 Å². The average Bonchev–Trinajstić information content (AvgIpc) is 3.27. The topological polar surface area (TPSA) is 101 Å². The van der Waals surface area contributed by atoms with Crippen LogP contribution < -0.4 is 10.6 Å². The number of hydrogen-bond donors (Lipinski definition) is 2. The van der Waals surface area contributed by atoms with E-state index in [4.69, 9.17) is 4.74 Å². The molecular weight excluding hydrogens is 408 g/mol. The van der Waals surface area contributed by atoms with E-state index in [-0.39, 0.29) is 23.5 Å². The lowest BCUT2D eigenvalue weighted by atomic mass is 9.84. The molecule has 2 fully saturated rings. The fraction of sp³-hybridized carbons (Fsp3) is 0.565. The number of carbonyl (C=O) groups excluding carboxylic acids is 2. The molecule has 0 saturated carbocycles. The van der Waals surface area contributed by atoms with Gasteiger partial charge in [-0.05, 0) is 45.7 Å². The van der Waals surface area contributed by atoms with Crippen LogP contribution in [0.1, 0.15) is 60.7 Å². The van der Waals surface area contributed by atoms with Gasteiger partial charge in [0, 0.05) is 31.6 Å². The third kappa shape index (κ3) is 3.64. The molecule has 9 heteroatoms. The number of likely N-dealkylation sites (tertiary alicyclic amines) is 1. The van der Waals surface area contributed by atoms with E-state index in [1.807, 2.05) is 54.6 Å². The number of anilines is 1. The normalized spacial score (nSPS) is 24.8. The number of benzene rings is 1. The molecule has 3 aliphatic heterocycles. The number of hydrogen-bond acceptors (Lipinski definition) is 6. The number of aryl methyl sites for hydroxylation is 2. The van der Waals surface area contributed by atoms with Gasteiger partial charge in [-0.1, -0.05) is 12.1 Å². The van der Waals surface area contributed by atoms with E-state index in [0.717, 1.165) is 30.2 Å². The third-order valence-electron chi connectivity index (χ3n) is 6.97. The zero-order valence-electron chi connectivity index (χ0n) is 18.9. The van der Waals surface area contributed by atoms with Crippen LogP contribution in [-0.2, 0) is 9.53 Å². The summed E-state index contributed by atoms with van der Waals surface area (Å²) in [4.78, 5) is 31.8. The van der Waals surface area contributed by atoms with Gasteiger partial charge in [0.15, 0.2) is 0 Å². The van der Waals surface area contributed by atoms with Gasteiger partial charge in [0.25, 0.3) is 5.91 Å². The molecule has 2 unspecified atom stereocenters. The van der Waals surface area contributed by atoms with E-state index in [1.165, 1.54) is 0 Å². The van der Waals surface area contributed by atoms with Gasteiger partial charge < -0.3 is 20.3 Å². The van der Waals surface area contributed by atoms with Crippen molar-refractivity contribution >= 4 is 17.5 Å². The minimum Gasteiger partial charge on any atom is -0.370 e. The van der Waals surface area contributed by atoms with Crippen molar-refractivity contribution in [2.24, 2.45) is 0 Å². The largest absolute Gasteiger partial charge is 0.370 e. The molecule has 0 bridgehead atoms. The van der Waals surface area contributed by atoms with Gasteiger partial charge in [0.05, 0.1) is 23.8 Å². The van der Waals surface area contributed by atoms with Gasteiger partial charge in [-0.25, -0.2) is 9.67 Å². The Kier molecular flexibility index (Phi) is 4.96. The molecule has 2 aromatic rings. The van der Waals surface area contributed by atoms with Crippen molar-refractivity contribution in [1.29, 1.82) is 0 Å². The predicted molar refractivity (Wildman–Crippen MR) is 118 cm³/mol. The van der Waals surface area contributed by atoms with Crippen molar-refractivity contribution in [2.75, 3.05) is 25.0 Å². The summed E-state index contributed by atoms with van der Waals surface area (Å²) in [5, 5.41) is 11.1. The van der Waals surface area contributed by atoms with E-state index in [1.54, 1.807) is 0 Å². The van der Waals surface area contributed by atoms with Crippen molar-refractivity contribution in [2.45, 2.75) is 63.8 Å². The Balaban J connectivity index is 1.20. The number of rotatable bonds is 3. The first-order valence-corrected chi connectivity index (χ1v) is 11.3. The predicted octanol–water partition coefficient (Wildman–Crippen LogP) is 2.18. The molecule has 2 amide bonds. The van der Waals surface area contributed by atoms with Crippen LogP contribution in [0.2, 0.25) is 0 Å². The Morgan fingerprint density at radius 3 is 2.69 bits per heavy atom. The first-order chi connectivity index (χ1) is 15.3. The van der Waals surface area contributed by atoms with Crippen LogP contribution in [0.5, 0.6) is 0 Å². The summed E-state index contributed by atoms with van der Waals surface area (Å²) in [5.41, 5.74) is 0.590. The molecule has 1 aromatic heterocycles. The number of amides is 2. The van der Waals surface area contributed by atoms with Crippen LogP contribution in [0.3, 0.4) is 0 Å². The Bertz CT molecular complexity index is 1060. The maximum atomic E-state index is 12.9. The third-order valence-corrected chi connectivity index (χ3v) is 6.97. The molecule has 170 valence electrons. The second-order valence-corrected chi connectivity index (χ2v) is 9.44. The van der Waals surface area contributed by atoms with Gasteiger partial charge in [-0.3, -0.25) is 9.59 Å². The fourth-order valence-corrected chi connectivity index (χ4v) is 5.36. The Hall–Kier alpha value is -2.94. The molecule has 2 N–H and O–H groups in total. The summed E-state index contributed by atoms with van der Waals surface area (Å²) in [6, 6.07) is 7.51. The highest BCUT2D eigenvalue weighted by Gasteiger charge is 2.53. The highest BCUT2D eigenvalue weighted by atomic mass is 16.5. The number of aromatic nitrogens is 3. The second kappa shape index (κ2) is 7.58. The number of para-hydroxylation sites is 1. The van der Waals surface area contributed by atoms with E-state index >= 15 is 0 Å². The lowest BCUT2D eigenvalue weighted by Gasteiger charge is -2.41. The van der Waals surface area contributed by atoms with Crippen LogP contribution in [0.4, 0.5) is 5.69 Å². The standard InChI is InChI=1S/C23H30N6O3/c1-15(29-17(3)24-16(2)27-29)12-20(30)28-10-8-22(9-11-28)13-23(14-32-22)25-19-7-5-4-6-18(19)21(31)26-23/h4-7,15,25H,8-14H2,1-3H3,(H,26,31). The van der Waals surface area contributed by atoms with E-state index in [0.29, 0.717) is 38.1 Å². The van der Waals surface area contributed by atoms with Crippen LogP contribution in [0.25, 0.3) is 0 Å². The van der Waals surface area contributed by atoms with Crippen LogP contribution in [0.15, 0.2) is 24.3 Å². The van der Waals surface area contributed by atoms with Crippen molar-refractivity contribution in [1.82, 2.24) is 25.0 Å². The second-order valence-electron chi connectivity index (χ2n) is 9.44. The van der Waals surface area contributed by atoms with Crippen LogP contribution in [-0.4, -0.2) is 62.4 Å². The Morgan fingerprint density at radius 1 is 1.22 bits per heavy atom. The molecule has 32 heavy (non-hydrogen) atoms. The summed E-state index contributed by atoms with van der Waals surface area (Å²) in [5.74, 6) is 1.61. The fourth-order valence-electron chi connectivity index (χ4n) is 5.36. The Labute approximate surface area is 187 Å². The minimum absolute atomic E-state index is 0.0349. The first kappa shape index (κ1) is 20.9. The smallest absolute Gasteiger partial charge is 0.255 e. The molecule has 2 atom stereocenters. The minimum atomic E-state index is -0.589. The lowest BCUT2D eigenvalue weighted by molar-refractivity contribution is -0.136. The summed E-state index contributed by atoms with van der Waals surface area (Å²) in [7, 11) is 0. The lowest BCUT2D eigenvalue weighted by Crippen LogP contribution is -2.59. The summed E-state index contributed by atoms with van der Waals surface area (Å²) in [6.07, 6.45) is 2.61. The zero-order chi connectivity index (χ0) is 22.5. The molecule has 5 rings (SSSR count). The maximum absolute atomic E-state index is 12.9. The highest BCUT2D eigenvalue weighted by Crippen LogP contribution is 2.43. The van der Waals surface area contributed by atoms with Crippen LogP contribution in [0, 0.1) is 13.8 Å². The van der Waals surface area contributed by atoms with E-state index in [2.05, 4.69) is 20.7 Å². The first-order valence-electron chi connectivity index (χ1n) is 11.3. The van der Waals surface area contributed by atoms with Gasteiger partial charge in [-0.15, -0.1) is 0 Å². The van der Waals surface area contributed by atoms with Crippen molar-refractivity contribution in [3.8, 4) is 0 Å². The summed E-state index contributed by atoms with van der Waals surface area (Å²) < 4.78 is 8.13. The van der Waals surface area contributed by atoms with Crippen molar-refractivity contribution < 1.29 is 14.3 Å². The highest BCUT2D eigenvalue weighted by molar-refractivity contribution is 6.02. The molecule has 0 radical (unpaired) electrons. The number of piperidine rings is 1. The van der Waals surface area contributed by atoms with Crippen molar-refractivity contribution in [3.63, 3.8) is 0 Å². The number of fused-ring (bicyclic) bond motifs is 1. The number of nitrogens with one attached hydrogen (secondary N) is 2. The Morgan fingerprint density at radius 2 is 1.97 bits per heavy atom. The molecular formula is C23H30N6O3. The monoisotopic (exact) mass is 438 g/mol. The summed E-state index contributed by atoms with van der Waals surface area (Å²) >= 11 is 0. The molecule has 9 nitrogen and oxygen atoms in total. The quantitative estimate of drug-likeness (QED) is 0.762. The average molecular weight is 439 g/mol. The summed E-state index contributed by atoms with van der Waals surface area (Å²) in [6.45, 7) is 7.50. The molecule has 2 saturated heterocycles. The molecule has 2 spiro atoms.